The average molecular weight is 497 g/mol. The molecule has 0 amide bonds. The Kier molecular flexibility index (Phi) is 5.74. The van der Waals surface area contributed by atoms with E-state index in [-0.39, 0.29) is 11.9 Å². The Morgan fingerprint density at radius 3 is 2.64 bits per heavy atom. The van der Waals surface area contributed by atoms with Crippen LogP contribution >= 0.6 is 35.2 Å². The fourth-order valence-corrected chi connectivity index (χ4v) is 4.93. The summed E-state index contributed by atoms with van der Waals surface area (Å²) in [6.07, 6.45) is 0. The number of aromatic nitrogens is 2. The van der Waals surface area contributed by atoms with Crippen molar-refractivity contribution in [3.05, 3.63) is 93.5 Å². The van der Waals surface area contributed by atoms with Crippen molar-refractivity contribution in [3.63, 3.8) is 0 Å². The molecule has 0 spiro atoms. The number of anilines is 1. The van der Waals surface area contributed by atoms with Crippen molar-refractivity contribution in [1.29, 1.82) is 0 Å². The standard InChI is InChI=1S/C24H18ClFN4OS2/c1-13-5-10-17(12-18(13)26)30-14(2)20(23-28-22(29-31-23)19-4-3-11-33-19)21(27-24(30)32)15-6-8-16(25)9-7-15/h3-12,21H,1-2H3,(H,27,32). The number of allylic oxidation sites excluding steroid dienone is 1. The fourth-order valence-electron chi connectivity index (χ4n) is 3.80. The number of aryl methyl sites for hydroxylation is 1. The van der Waals surface area contributed by atoms with E-state index in [1.54, 1.807) is 17.9 Å². The number of nitrogens with one attached hydrogen (secondary N) is 1. The molecule has 0 saturated heterocycles. The molecule has 1 atom stereocenters. The molecule has 33 heavy (non-hydrogen) atoms. The first-order valence-corrected chi connectivity index (χ1v) is 11.8. The summed E-state index contributed by atoms with van der Waals surface area (Å²) in [5, 5.41) is 10.6. The van der Waals surface area contributed by atoms with Gasteiger partial charge in [-0.1, -0.05) is 41.0 Å². The van der Waals surface area contributed by atoms with Gasteiger partial charge in [0.15, 0.2) is 5.11 Å². The predicted octanol–water partition coefficient (Wildman–Crippen LogP) is 6.77. The van der Waals surface area contributed by atoms with Crippen LogP contribution in [0.15, 0.2) is 70.2 Å². The maximum atomic E-state index is 14.4. The fraction of sp³-hybridized carbons (Fsp3) is 0.125. The van der Waals surface area contributed by atoms with Gasteiger partial charge in [0.1, 0.15) is 5.82 Å². The third kappa shape index (κ3) is 4.06. The molecule has 9 heteroatoms. The Bertz CT molecular complexity index is 1370. The molecular weight excluding hydrogens is 479 g/mol. The van der Waals surface area contributed by atoms with E-state index in [1.165, 1.54) is 17.4 Å². The van der Waals surface area contributed by atoms with E-state index in [1.807, 2.05) is 54.8 Å². The lowest BCUT2D eigenvalue weighted by molar-refractivity contribution is 0.404. The molecule has 2 aromatic carbocycles. The van der Waals surface area contributed by atoms with Crippen LogP contribution < -0.4 is 10.2 Å². The van der Waals surface area contributed by atoms with Gasteiger partial charge in [0, 0.05) is 10.7 Å². The Hall–Kier alpha value is -3.07. The molecule has 3 heterocycles. The first-order valence-electron chi connectivity index (χ1n) is 10.1. The Balaban J connectivity index is 1.67. The molecule has 0 radical (unpaired) electrons. The lowest BCUT2D eigenvalue weighted by Crippen LogP contribution is -2.46. The summed E-state index contributed by atoms with van der Waals surface area (Å²) in [4.78, 5) is 7.36. The summed E-state index contributed by atoms with van der Waals surface area (Å²) in [7, 11) is 0. The molecule has 5 rings (SSSR count). The Morgan fingerprint density at radius 1 is 1.15 bits per heavy atom. The zero-order valence-corrected chi connectivity index (χ0v) is 20.1. The highest BCUT2D eigenvalue weighted by Gasteiger charge is 2.35. The van der Waals surface area contributed by atoms with E-state index in [0.29, 0.717) is 33.1 Å². The van der Waals surface area contributed by atoms with Crippen LogP contribution in [-0.4, -0.2) is 15.3 Å². The number of benzene rings is 2. The maximum absolute atomic E-state index is 14.4. The van der Waals surface area contributed by atoms with Crippen molar-refractivity contribution in [2.75, 3.05) is 4.90 Å². The molecule has 1 aliphatic heterocycles. The normalized spacial score (nSPS) is 16.3. The molecule has 1 unspecified atom stereocenters. The summed E-state index contributed by atoms with van der Waals surface area (Å²) in [5.41, 5.74) is 3.62. The highest BCUT2D eigenvalue weighted by molar-refractivity contribution is 7.80. The first-order chi connectivity index (χ1) is 15.9. The largest absolute Gasteiger partial charge is 0.351 e. The number of thiophene rings is 1. The minimum absolute atomic E-state index is 0.303. The van der Waals surface area contributed by atoms with Gasteiger partial charge in [-0.2, -0.15) is 4.98 Å². The van der Waals surface area contributed by atoms with E-state index < -0.39 is 0 Å². The van der Waals surface area contributed by atoms with Crippen molar-refractivity contribution in [2.45, 2.75) is 19.9 Å². The number of hydrogen-bond acceptors (Lipinski definition) is 5. The summed E-state index contributed by atoms with van der Waals surface area (Å²) >= 11 is 13.3. The van der Waals surface area contributed by atoms with Crippen LogP contribution in [-0.2, 0) is 0 Å². The molecule has 0 fully saturated rings. The van der Waals surface area contributed by atoms with Crippen LogP contribution in [0.2, 0.25) is 5.02 Å². The van der Waals surface area contributed by atoms with E-state index >= 15 is 0 Å². The van der Waals surface area contributed by atoms with Gasteiger partial charge >= 0.3 is 0 Å². The smallest absolute Gasteiger partial charge is 0.258 e. The molecule has 5 nitrogen and oxygen atoms in total. The third-order valence-electron chi connectivity index (χ3n) is 5.50. The monoisotopic (exact) mass is 496 g/mol. The van der Waals surface area contributed by atoms with Gasteiger partial charge in [-0.05, 0) is 72.9 Å². The number of hydrogen-bond donors (Lipinski definition) is 1. The van der Waals surface area contributed by atoms with Crippen molar-refractivity contribution < 1.29 is 8.91 Å². The Labute approximate surface area is 204 Å². The molecular formula is C24H18ClFN4OS2. The summed E-state index contributed by atoms with van der Waals surface area (Å²) in [6, 6.07) is 16.0. The average Bonchev–Trinajstić information content (AvgIpc) is 3.48. The SMILES string of the molecule is CC1=C(c2nc(-c3cccs3)no2)C(c2ccc(Cl)cc2)NC(=S)N1c1ccc(C)c(F)c1. The van der Waals surface area contributed by atoms with Crippen LogP contribution in [0.25, 0.3) is 16.3 Å². The minimum atomic E-state index is -0.349. The van der Waals surface area contributed by atoms with Crippen molar-refractivity contribution in [2.24, 2.45) is 0 Å². The lowest BCUT2D eigenvalue weighted by Gasteiger charge is -2.37. The van der Waals surface area contributed by atoms with Crippen molar-refractivity contribution in [3.8, 4) is 10.7 Å². The van der Waals surface area contributed by atoms with Crippen LogP contribution in [0.5, 0.6) is 0 Å². The maximum Gasteiger partial charge on any atom is 0.258 e. The zero-order chi connectivity index (χ0) is 23.1. The van der Waals surface area contributed by atoms with Crippen LogP contribution in [0.4, 0.5) is 10.1 Å². The number of halogens is 2. The second-order valence-corrected chi connectivity index (χ2v) is 9.37. The minimum Gasteiger partial charge on any atom is -0.351 e. The lowest BCUT2D eigenvalue weighted by atomic mass is 9.94. The topological polar surface area (TPSA) is 54.2 Å². The molecule has 0 bridgehead atoms. The van der Waals surface area contributed by atoms with Gasteiger partial charge in [-0.25, -0.2) is 4.39 Å². The molecule has 1 aliphatic rings. The zero-order valence-electron chi connectivity index (χ0n) is 17.7. The molecule has 2 aromatic heterocycles. The van der Waals surface area contributed by atoms with Gasteiger partial charge in [0.2, 0.25) is 5.82 Å². The summed E-state index contributed by atoms with van der Waals surface area (Å²) < 4.78 is 20.1. The molecule has 0 saturated carbocycles. The van der Waals surface area contributed by atoms with Crippen LogP contribution in [0.3, 0.4) is 0 Å². The van der Waals surface area contributed by atoms with E-state index in [4.69, 9.17) is 28.3 Å². The highest BCUT2D eigenvalue weighted by atomic mass is 35.5. The third-order valence-corrected chi connectivity index (χ3v) is 6.92. The Morgan fingerprint density at radius 2 is 1.94 bits per heavy atom. The van der Waals surface area contributed by atoms with Crippen LogP contribution in [0.1, 0.15) is 30.0 Å². The van der Waals surface area contributed by atoms with Gasteiger partial charge in [-0.3, -0.25) is 4.90 Å². The van der Waals surface area contributed by atoms with Crippen molar-refractivity contribution in [1.82, 2.24) is 15.5 Å². The summed E-state index contributed by atoms with van der Waals surface area (Å²) in [6.45, 7) is 3.64. The predicted molar refractivity (Wildman–Crippen MR) is 134 cm³/mol. The quantitative estimate of drug-likeness (QED) is 0.315. The van der Waals surface area contributed by atoms with Gasteiger partial charge < -0.3 is 9.84 Å². The molecule has 166 valence electrons. The van der Waals surface area contributed by atoms with E-state index in [9.17, 15) is 4.39 Å². The second kappa shape index (κ2) is 8.70. The number of nitrogens with zero attached hydrogens (tertiary/aromatic N) is 3. The highest BCUT2D eigenvalue weighted by Crippen LogP contribution is 2.39. The van der Waals surface area contributed by atoms with E-state index in [0.717, 1.165) is 21.7 Å². The van der Waals surface area contributed by atoms with Crippen LogP contribution in [0, 0.1) is 12.7 Å². The molecule has 4 aromatic rings. The van der Waals surface area contributed by atoms with Gasteiger partial charge in [-0.15, -0.1) is 11.3 Å². The molecule has 0 aliphatic carbocycles. The number of thiocarbonyl (C=S) groups is 1. The first kappa shape index (κ1) is 21.8. The van der Waals surface area contributed by atoms with Crippen molar-refractivity contribution >= 4 is 51.5 Å². The number of rotatable bonds is 4. The van der Waals surface area contributed by atoms with Gasteiger partial charge in [0.25, 0.3) is 5.89 Å². The summed E-state index contributed by atoms with van der Waals surface area (Å²) in [5.74, 6) is 0.571. The van der Waals surface area contributed by atoms with Gasteiger partial charge in [0.05, 0.1) is 22.2 Å². The van der Waals surface area contributed by atoms with E-state index in [2.05, 4.69) is 15.5 Å². The molecule has 1 N–H and O–H groups in total. The second-order valence-electron chi connectivity index (χ2n) is 7.60.